The van der Waals surface area contributed by atoms with Gasteiger partial charge in [0.1, 0.15) is 0 Å². The zero-order chi connectivity index (χ0) is 13.4. The van der Waals surface area contributed by atoms with Crippen LogP contribution >= 0.6 is 23.2 Å². The van der Waals surface area contributed by atoms with Crippen molar-refractivity contribution < 1.29 is 4.74 Å². The number of rotatable bonds is 7. The molecule has 1 N–H and O–H groups in total. The second-order valence-electron chi connectivity index (χ2n) is 4.02. The summed E-state index contributed by atoms with van der Waals surface area (Å²) in [5.41, 5.74) is 2.15. The molecule has 1 aromatic carbocycles. The van der Waals surface area contributed by atoms with Gasteiger partial charge in [-0.25, -0.2) is 0 Å². The summed E-state index contributed by atoms with van der Waals surface area (Å²) < 4.78 is 4.96. The van der Waals surface area contributed by atoms with E-state index >= 15 is 0 Å². The maximum Gasteiger partial charge on any atom is 0.0667 e. The first kappa shape index (κ1) is 15.5. The third-order valence-corrected chi connectivity index (χ3v) is 3.45. The van der Waals surface area contributed by atoms with Gasteiger partial charge in [0.2, 0.25) is 0 Å². The Hall–Kier alpha value is -0.540. The Morgan fingerprint density at radius 2 is 2.11 bits per heavy atom. The minimum Gasteiger partial charge on any atom is -0.383 e. The van der Waals surface area contributed by atoms with Crippen LogP contribution in [0.3, 0.4) is 0 Å². The van der Waals surface area contributed by atoms with E-state index in [-0.39, 0.29) is 0 Å². The number of hydrogen-bond acceptors (Lipinski definition) is 2. The van der Waals surface area contributed by atoms with Gasteiger partial charge in [0.05, 0.1) is 16.7 Å². The molecule has 4 heteroatoms. The van der Waals surface area contributed by atoms with Gasteiger partial charge in [0.25, 0.3) is 0 Å². The second kappa shape index (κ2) is 8.54. The van der Waals surface area contributed by atoms with Crippen LogP contribution in [0.25, 0.3) is 5.57 Å². The lowest BCUT2D eigenvalue weighted by molar-refractivity contribution is 0.199. The van der Waals surface area contributed by atoms with E-state index in [4.69, 9.17) is 27.9 Å². The van der Waals surface area contributed by atoms with Crippen LogP contribution < -0.4 is 5.32 Å². The lowest BCUT2D eigenvalue weighted by atomic mass is 10.1. The number of allylic oxidation sites excluding steroid dienone is 1. The van der Waals surface area contributed by atoms with Crippen molar-refractivity contribution in [1.82, 2.24) is 5.32 Å². The molecular weight excluding hydrogens is 269 g/mol. The maximum absolute atomic E-state index is 6.16. The van der Waals surface area contributed by atoms with E-state index in [9.17, 15) is 0 Å². The summed E-state index contributed by atoms with van der Waals surface area (Å²) in [5, 5.41) is 4.51. The first-order valence-corrected chi connectivity index (χ1v) is 6.73. The van der Waals surface area contributed by atoms with E-state index in [2.05, 4.69) is 11.4 Å². The molecule has 0 aromatic heterocycles. The minimum absolute atomic E-state index is 0.597. The molecular formula is C14H19Cl2NO. The molecule has 0 atom stereocenters. The van der Waals surface area contributed by atoms with Gasteiger partial charge in [-0.05, 0) is 37.1 Å². The zero-order valence-corrected chi connectivity index (χ0v) is 12.3. The van der Waals surface area contributed by atoms with Crippen molar-refractivity contribution in [3.8, 4) is 0 Å². The Bertz CT molecular complexity index is 405. The highest BCUT2D eigenvalue weighted by molar-refractivity contribution is 6.43. The summed E-state index contributed by atoms with van der Waals surface area (Å²) in [6, 6.07) is 5.70. The maximum atomic E-state index is 6.16. The molecule has 18 heavy (non-hydrogen) atoms. The number of methoxy groups -OCH3 is 1. The van der Waals surface area contributed by atoms with Gasteiger partial charge in [0.15, 0.2) is 0 Å². The van der Waals surface area contributed by atoms with Crippen molar-refractivity contribution >= 4 is 28.8 Å². The van der Waals surface area contributed by atoms with E-state index in [0.29, 0.717) is 10.0 Å². The quantitative estimate of drug-likeness (QED) is 0.765. The van der Waals surface area contributed by atoms with Crippen LogP contribution in [0.1, 0.15) is 18.9 Å². The Labute approximate surface area is 119 Å². The van der Waals surface area contributed by atoms with Gasteiger partial charge in [-0.15, -0.1) is 0 Å². The molecule has 2 nitrogen and oxygen atoms in total. The second-order valence-corrected chi connectivity index (χ2v) is 4.81. The number of hydrogen-bond donors (Lipinski definition) is 1. The molecule has 0 fully saturated rings. The lowest BCUT2D eigenvalue weighted by Crippen LogP contribution is -2.19. The molecule has 1 rings (SSSR count). The molecule has 0 saturated carbocycles. The van der Waals surface area contributed by atoms with Gasteiger partial charge in [-0.1, -0.05) is 41.4 Å². The molecule has 1 aromatic rings. The molecule has 0 amide bonds. The molecule has 0 bridgehead atoms. The molecule has 0 heterocycles. The smallest absolute Gasteiger partial charge is 0.0667 e. The highest BCUT2D eigenvalue weighted by Crippen LogP contribution is 2.30. The van der Waals surface area contributed by atoms with E-state index in [0.717, 1.165) is 37.3 Å². The van der Waals surface area contributed by atoms with Crippen LogP contribution in [-0.4, -0.2) is 26.8 Å². The number of benzene rings is 1. The van der Waals surface area contributed by atoms with E-state index in [1.165, 1.54) is 0 Å². The normalized spacial score (nSPS) is 11.9. The van der Waals surface area contributed by atoms with Crippen LogP contribution in [0.5, 0.6) is 0 Å². The first-order valence-electron chi connectivity index (χ1n) is 5.97. The van der Waals surface area contributed by atoms with Crippen LogP contribution in [0.2, 0.25) is 10.0 Å². The van der Waals surface area contributed by atoms with Gasteiger partial charge in [-0.3, -0.25) is 0 Å². The predicted molar refractivity (Wildman–Crippen MR) is 79.5 cm³/mol. The van der Waals surface area contributed by atoms with Crippen molar-refractivity contribution in [3.63, 3.8) is 0 Å². The molecule has 0 aliphatic carbocycles. The fraction of sp³-hybridized carbons (Fsp3) is 0.429. The van der Waals surface area contributed by atoms with Gasteiger partial charge in [0, 0.05) is 13.7 Å². The Morgan fingerprint density at radius 1 is 1.33 bits per heavy atom. The van der Waals surface area contributed by atoms with Crippen LogP contribution in [0.15, 0.2) is 24.3 Å². The van der Waals surface area contributed by atoms with Crippen LogP contribution in [0.4, 0.5) is 0 Å². The van der Waals surface area contributed by atoms with Gasteiger partial charge < -0.3 is 10.1 Å². The fourth-order valence-electron chi connectivity index (χ4n) is 1.61. The molecule has 100 valence electrons. The van der Waals surface area contributed by atoms with E-state index < -0.39 is 0 Å². The molecule has 0 radical (unpaired) electrons. The van der Waals surface area contributed by atoms with Crippen molar-refractivity contribution in [2.45, 2.75) is 13.3 Å². The summed E-state index contributed by atoms with van der Waals surface area (Å²) in [7, 11) is 1.70. The first-order chi connectivity index (χ1) is 8.66. The zero-order valence-electron chi connectivity index (χ0n) is 10.8. The minimum atomic E-state index is 0.597. The largest absolute Gasteiger partial charge is 0.383 e. The third kappa shape index (κ3) is 4.99. The molecule has 0 aliphatic rings. The summed E-state index contributed by atoms with van der Waals surface area (Å²) >= 11 is 12.2. The van der Waals surface area contributed by atoms with E-state index in [1.807, 2.05) is 19.1 Å². The van der Waals surface area contributed by atoms with Crippen LogP contribution in [-0.2, 0) is 4.74 Å². The van der Waals surface area contributed by atoms with E-state index in [1.54, 1.807) is 13.2 Å². The summed E-state index contributed by atoms with van der Waals surface area (Å²) in [6.45, 7) is 4.59. The van der Waals surface area contributed by atoms with Crippen molar-refractivity contribution in [1.29, 1.82) is 0 Å². The molecule has 0 unspecified atom stereocenters. The molecule has 0 saturated heterocycles. The predicted octanol–water partition coefficient (Wildman–Crippen LogP) is 4.02. The summed E-state index contributed by atoms with van der Waals surface area (Å²) in [6.07, 6.45) is 3.12. The highest BCUT2D eigenvalue weighted by atomic mass is 35.5. The summed E-state index contributed by atoms with van der Waals surface area (Å²) in [5.74, 6) is 0. The molecule has 0 aliphatic heterocycles. The SMILES string of the molecule is COCCNCCC=C(C)c1cccc(Cl)c1Cl. The Morgan fingerprint density at radius 3 is 2.83 bits per heavy atom. The number of halogens is 2. The third-order valence-electron chi connectivity index (χ3n) is 2.63. The Kier molecular flexibility index (Phi) is 7.36. The van der Waals surface area contributed by atoms with Crippen LogP contribution in [0, 0.1) is 0 Å². The fourth-order valence-corrected chi connectivity index (χ4v) is 2.06. The average Bonchev–Trinajstić information content (AvgIpc) is 2.36. The average molecular weight is 288 g/mol. The molecule has 0 spiro atoms. The lowest BCUT2D eigenvalue weighted by Gasteiger charge is -2.06. The number of nitrogens with one attached hydrogen (secondary N) is 1. The van der Waals surface area contributed by atoms with Gasteiger partial charge >= 0.3 is 0 Å². The van der Waals surface area contributed by atoms with Crippen molar-refractivity contribution in [2.75, 3.05) is 26.8 Å². The Balaban J connectivity index is 2.48. The highest BCUT2D eigenvalue weighted by Gasteiger charge is 2.05. The number of ether oxygens (including phenoxy) is 1. The topological polar surface area (TPSA) is 21.3 Å². The summed E-state index contributed by atoms with van der Waals surface area (Å²) in [4.78, 5) is 0. The van der Waals surface area contributed by atoms with Gasteiger partial charge in [-0.2, -0.15) is 0 Å². The van der Waals surface area contributed by atoms with Crippen molar-refractivity contribution in [2.24, 2.45) is 0 Å². The monoisotopic (exact) mass is 287 g/mol. The van der Waals surface area contributed by atoms with Crippen molar-refractivity contribution in [3.05, 3.63) is 39.9 Å². The standard InChI is InChI=1S/C14H19Cl2NO/c1-11(5-4-8-17-9-10-18-2)12-6-3-7-13(15)14(12)16/h3,5-7,17H,4,8-10H2,1-2H3.